The Morgan fingerprint density at radius 1 is 1.38 bits per heavy atom. The normalized spacial score (nSPS) is 22.5. The minimum atomic E-state index is -1.20. The topological polar surface area (TPSA) is 77.8 Å². The van der Waals surface area contributed by atoms with E-state index in [1.54, 1.807) is 7.11 Å². The van der Waals surface area contributed by atoms with E-state index in [1.807, 2.05) is 16.7 Å². The van der Waals surface area contributed by atoms with Crippen molar-refractivity contribution in [1.82, 2.24) is 4.57 Å². The van der Waals surface area contributed by atoms with E-state index in [4.69, 9.17) is 9.47 Å². The minimum absolute atomic E-state index is 0.000369. The van der Waals surface area contributed by atoms with Gasteiger partial charge in [-0.15, -0.1) is 0 Å². The van der Waals surface area contributed by atoms with Gasteiger partial charge in [0.15, 0.2) is 5.43 Å². The number of carbonyl (C=O) groups is 1. The number of hydrogen-bond acceptors (Lipinski definition) is 4. The number of aromatic nitrogens is 1. The van der Waals surface area contributed by atoms with Crippen molar-refractivity contribution in [2.24, 2.45) is 0 Å². The molecule has 1 aromatic heterocycles. The highest BCUT2D eigenvalue weighted by atomic mass is 16.5. The summed E-state index contributed by atoms with van der Waals surface area (Å²) in [4.78, 5) is 23.8. The lowest BCUT2D eigenvalue weighted by atomic mass is 9.89. The molecular weight excluding hydrogens is 334 g/mol. The smallest absolute Gasteiger partial charge is 0.341 e. The Kier molecular flexibility index (Phi) is 3.15. The average molecular weight is 351 g/mol. The number of ether oxygens (including phenoxy) is 2. The van der Waals surface area contributed by atoms with E-state index < -0.39 is 11.4 Å². The number of carboxylic acid groups (broad SMARTS) is 1. The minimum Gasteiger partial charge on any atom is -0.496 e. The predicted molar refractivity (Wildman–Crippen MR) is 94.6 cm³/mol. The van der Waals surface area contributed by atoms with Crippen LogP contribution in [0.5, 0.6) is 5.75 Å². The number of pyridine rings is 1. The van der Waals surface area contributed by atoms with Gasteiger partial charge in [-0.05, 0) is 29.2 Å². The quantitative estimate of drug-likeness (QED) is 0.899. The summed E-state index contributed by atoms with van der Waals surface area (Å²) in [7, 11) is 1.65. The third-order valence-corrected chi connectivity index (χ3v) is 5.64. The van der Waals surface area contributed by atoms with E-state index in [0.29, 0.717) is 13.0 Å². The summed E-state index contributed by atoms with van der Waals surface area (Å²) in [5.41, 5.74) is 4.48. The molecule has 0 bridgehead atoms. The largest absolute Gasteiger partial charge is 0.496 e. The lowest BCUT2D eigenvalue weighted by Crippen LogP contribution is -2.31. The summed E-state index contributed by atoms with van der Waals surface area (Å²) in [6, 6.07) is 7.43. The molecular formula is C20H17NO5. The third kappa shape index (κ3) is 1.90. The van der Waals surface area contributed by atoms with Crippen molar-refractivity contribution in [3.8, 4) is 5.75 Å². The maximum absolute atomic E-state index is 12.3. The Bertz CT molecular complexity index is 1050. The molecule has 3 heterocycles. The Hall–Kier alpha value is -2.86. The highest BCUT2D eigenvalue weighted by Crippen LogP contribution is 2.51. The van der Waals surface area contributed by atoms with Gasteiger partial charge in [0.2, 0.25) is 0 Å². The van der Waals surface area contributed by atoms with Crippen molar-refractivity contribution in [2.75, 3.05) is 13.7 Å². The van der Waals surface area contributed by atoms with Crippen LogP contribution >= 0.6 is 0 Å². The van der Waals surface area contributed by atoms with Crippen LogP contribution in [0.25, 0.3) is 11.1 Å². The zero-order valence-electron chi connectivity index (χ0n) is 14.2. The van der Waals surface area contributed by atoms with Crippen LogP contribution in [-0.2, 0) is 11.2 Å². The number of benzene rings is 1. The fourth-order valence-corrected chi connectivity index (χ4v) is 4.55. The van der Waals surface area contributed by atoms with Crippen LogP contribution in [-0.4, -0.2) is 35.5 Å². The molecule has 26 heavy (non-hydrogen) atoms. The Morgan fingerprint density at radius 2 is 2.23 bits per heavy atom. The first kappa shape index (κ1) is 15.4. The van der Waals surface area contributed by atoms with E-state index in [2.05, 4.69) is 6.07 Å². The van der Waals surface area contributed by atoms with E-state index in [1.165, 1.54) is 12.3 Å². The Balaban J connectivity index is 1.78. The molecule has 0 spiro atoms. The first-order chi connectivity index (χ1) is 12.6. The molecule has 0 amide bonds. The van der Waals surface area contributed by atoms with Gasteiger partial charge in [-0.25, -0.2) is 4.79 Å². The van der Waals surface area contributed by atoms with Crippen molar-refractivity contribution >= 4 is 17.1 Å². The van der Waals surface area contributed by atoms with E-state index in [9.17, 15) is 14.7 Å². The molecule has 3 aliphatic rings. The van der Waals surface area contributed by atoms with Crippen LogP contribution in [0.4, 0.5) is 0 Å². The number of carboxylic acids is 1. The summed E-state index contributed by atoms with van der Waals surface area (Å²) in [6.07, 6.45) is 2.79. The molecule has 6 nitrogen and oxygen atoms in total. The van der Waals surface area contributed by atoms with Gasteiger partial charge in [0.1, 0.15) is 17.4 Å². The highest BCUT2D eigenvalue weighted by molar-refractivity contribution is 6.00. The molecule has 1 aliphatic carbocycles. The predicted octanol–water partition coefficient (Wildman–Crippen LogP) is 2.37. The number of methoxy groups -OCH3 is 1. The van der Waals surface area contributed by atoms with Crippen molar-refractivity contribution in [3.05, 3.63) is 63.1 Å². The van der Waals surface area contributed by atoms with Crippen LogP contribution < -0.4 is 10.2 Å². The van der Waals surface area contributed by atoms with Gasteiger partial charge < -0.3 is 19.1 Å². The lowest BCUT2D eigenvalue weighted by molar-refractivity contribution is 0.0693. The molecule has 0 radical (unpaired) electrons. The lowest BCUT2D eigenvalue weighted by Gasteiger charge is -2.32. The SMILES string of the molecule is COc1cccc2c1CC1=C2[C@H]2OCC[C@H]2n2cc(C(=O)O)c(=O)cc21. The van der Waals surface area contributed by atoms with Gasteiger partial charge >= 0.3 is 5.97 Å². The van der Waals surface area contributed by atoms with Crippen LogP contribution in [0.2, 0.25) is 0 Å². The summed E-state index contributed by atoms with van der Waals surface area (Å²) in [5, 5.41) is 9.33. The molecule has 2 aliphatic heterocycles. The molecule has 0 unspecified atom stereocenters. The second-order valence-corrected chi connectivity index (χ2v) is 6.85. The molecule has 1 aromatic carbocycles. The molecule has 1 fully saturated rings. The van der Waals surface area contributed by atoms with Crippen molar-refractivity contribution in [2.45, 2.75) is 25.0 Å². The van der Waals surface area contributed by atoms with Crippen molar-refractivity contribution in [1.29, 1.82) is 0 Å². The van der Waals surface area contributed by atoms with Gasteiger partial charge in [-0.3, -0.25) is 4.79 Å². The van der Waals surface area contributed by atoms with E-state index >= 15 is 0 Å². The van der Waals surface area contributed by atoms with Crippen LogP contribution in [0.1, 0.15) is 39.6 Å². The summed E-state index contributed by atoms with van der Waals surface area (Å²) < 4.78 is 13.5. The zero-order valence-corrected chi connectivity index (χ0v) is 14.2. The van der Waals surface area contributed by atoms with E-state index in [0.717, 1.165) is 40.1 Å². The molecule has 2 aromatic rings. The maximum Gasteiger partial charge on any atom is 0.341 e. The number of allylic oxidation sites excluding steroid dienone is 1. The first-order valence-corrected chi connectivity index (χ1v) is 8.61. The molecule has 1 saturated heterocycles. The Morgan fingerprint density at radius 3 is 3.00 bits per heavy atom. The van der Waals surface area contributed by atoms with Crippen molar-refractivity contribution in [3.63, 3.8) is 0 Å². The summed E-state index contributed by atoms with van der Waals surface area (Å²) in [6.45, 7) is 0.611. The number of hydrogen-bond donors (Lipinski definition) is 1. The Labute approximate surface area is 149 Å². The van der Waals surface area contributed by atoms with Gasteiger partial charge in [-0.1, -0.05) is 12.1 Å². The first-order valence-electron chi connectivity index (χ1n) is 8.61. The monoisotopic (exact) mass is 351 g/mol. The van der Waals surface area contributed by atoms with Crippen LogP contribution in [0, 0.1) is 0 Å². The molecule has 132 valence electrons. The standard InChI is InChI=1S/C20H17NO5/c1-25-17-4-2-3-10-11(17)7-12-15-8-16(22)13(20(23)24)9-21(15)14-5-6-26-19(14)18(10)12/h2-4,8-9,14,19H,5-7H2,1H3,(H,23,24)/t14-,19+/m1/s1. The summed E-state index contributed by atoms with van der Waals surface area (Å²) in [5.74, 6) is -0.376. The fraction of sp³-hybridized carbons (Fsp3) is 0.300. The molecule has 6 heteroatoms. The van der Waals surface area contributed by atoms with Gasteiger partial charge in [0.05, 0.1) is 13.2 Å². The van der Waals surface area contributed by atoms with Gasteiger partial charge in [0, 0.05) is 36.5 Å². The number of nitrogens with zero attached hydrogens (tertiary/aromatic N) is 1. The summed E-state index contributed by atoms with van der Waals surface area (Å²) >= 11 is 0. The van der Waals surface area contributed by atoms with Gasteiger partial charge in [-0.2, -0.15) is 0 Å². The molecule has 2 atom stereocenters. The second kappa shape index (κ2) is 5.32. The van der Waals surface area contributed by atoms with E-state index in [-0.39, 0.29) is 17.7 Å². The number of fused-ring (bicyclic) bond motifs is 7. The third-order valence-electron chi connectivity index (χ3n) is 5.64. The molecule has 0 saturated carbocycles. The van der Waals surface area contributed by atoms with Gasteiger partial charge in [0.25, 0.3) is 0 Å². The maximum atomic E-state index is 12.3. The molecule has 5 rings (SSSR count). The highest BCUT2D eigenvalue weighted by Gasteiger charge is 2.43. The zero-order chi connectivity index (χ0) is 18.0. The van der Waals surface area contributed by atoms with Crippen LogP contribution in [0.3, 0.4) is 0 Å². The second-order valence-electron chi connectivity index (χ2n) is 6.85. The van der Waals surface area contributed by atoms with Crippen LogP contribution in [0.15, 0.2) is 35.3 Å². The number of rotatable bonds is 2. The van der Waals surface area contributed by atoms with Crippen molar-refractivity contribution < 1.29 is 19.4 Å². The number of aromatic carboxylic acids is 1. The average Bonchev–Trinajstić information content (AvgIpc) is 3.25. The fourth-order valence-electron chi connectivity index (χ4n) is 4.55. The molecule has 1 N–H and O–H groups in total.